The van der Waals surface area contributed by atoms with Crippen LogP contribution >= 0.6 is 0 Å². The highest BCUT2D eigenvalue weighted by Gasteiger charge is 2.46. The number of nitrogens with one attached hydrogen (secondary N) is 3. The van der Waals surface area contributed by atoms with E-state index in [1.165, 1.54) is 22.9 Å². The standard InChI is InChI=1S/C33H54BFN6O9S/c1-9-12-27(34(46)47)37-29(42)25-15-22(50-32(45)40-16-21-13-11-14-24(35)23(21)18-40)17-41(25)30(43)28(20(3)10-2)38-31(44)36-26(33(4,5)6)19-39(7)51(8,48)49/h11,13-14,20,22,25-28,46-47H,9-10,12,15-19H2,1-8H3,(H,37,42)(H2,36,38,44)/t20-,22+,25-,26+,27-,28-/m0/s1. The van der Waals surface area contributed by atoms with Crippen LogP contribution in [0.1, 0.15) is 78.4 Å². The summed E-state index contributed by atoms with van der Waals surface area (Å²) in [6, 6.07) is 0.890. The van der Waals surface area contributed by atoms with E-state index in [0.29, 0.717) is 24.0 Å². The van der Waals surface area contributed by atoms with Gasteiger partial charge in [0.05, 0.1) is 25.3 Å². The Morgan fingerprint density at radius 3 is 2.33 bits per heavy atom. The number of likely N-dealkylation sites (tertiary alicyclic amines) is 1. The van der Waals surface area contributed by atoms with Crippen molar-refractivity contribution in [2.75, 3.05) is 26.4 Å². The molecule has 51 heavy (non-hydrogen) atoms. The molecule has 286 valence electrons. The van der Waals surface area contributed by atoms with Gasteiger partial charge >= 0.3 is 19.2 Å². The summed E-state index contributed by atoms with van der Waals surface area (Å²) in [4.78, 5) is 57.3. The number of benzene rings is 1. The van der Waals surface area contributed by atoms with Gasteiger partial charge in [0.15, 0.2) is 0 Å². The van der Waals surface area contributed by atoms with E-state index in [2.05, 4.69) is 16.0 Å². The zero-order valence-electron chi connectivity index (χ0n) is 30.8. The normalized spacial score (nSPS) is 19.9. The van der Waals surface area contributed by atoms with Crippen LogP contribution in [0.2, 0.25) is 0 Å². The van der Waals surface area contributed by atoms with Crippen LogP contribution in [0.3, 0.4) is 0 Å². The number of likely N-dealkylation sites (N-methyl/N-ethyl adjacent to an activating group) is 1. The van der Waals surface area contributed by atoms with Crippen LogP contribution in [-0.4, -0.2) is 120 Å². The summed E-state index contributed by atoms with van der Waals surface area (Å²) in [6.07, 6.45) is 0.491. The van der Waals surface area contributed by atoms with E-state index < -0.39 is 88.4 Å². The van der Waals surface area contributed by atoms with E-state index in [0.717, 1.165) is 10.6 Å². The molecule has 0 saturated carbocycles. The van der Waals surface area contributed by atoms with Crippen LogP contribution in [0, 0.1) is 17.2 Å². The zero-order valence-corrected chi connectivity index (χ0v) is 31.6. The van der Waals surface area contributed by atoms with Crippen LogP contribution in [0.4, 0.5) is 14.0 Å². The van der Waals surface area contributed by atoms with Crippen LogP contribution in [0.5, 0.6) is 0 Å². The van der Waals surface area contributed by atoms with Crippen molar-refractivity contribution in [1.82, 2.24) is 30.1 Å². The molecule has 6 atom stereocenters. The monoisotopic (exact) mass is 740 g/mol. The lowest BCUT2D eigenvalue weighted by molar-refractivity contribution is -0.141. The minimum Gasteiger partial charge on any atom is -0.444 e. The van der Waals surface area contributed by atoms with Gasteiger partial charge in [-0.1, -0.05) is 66.5 Å². The van der Waals surface area contributed by atoms with Gasteiger partial charge in [0.2, 0.25) is 21.8 Å². The number of halogens is 1. The zero-order chi connectivity index (χ0) is 38.4. The summed E-state index contributed by atoms with van der Waals surface area (Å²) in [5.41, 5.74) is 0.460. The molecule has 18 heteroatoms. The van der Waals surface area contributed by atoms with E-state index in [-0.39, 0.29) is 39.0 Å². The van der Waals surface area contributed by atoms with Gasteiger partial charge < -0.3 is 35.6 Å². The SMILES string of the molecule is CCC[C@H](NC(=O)[C@@H]1C[C@@H](OC(=O)N2Cc3cccc(F)c3C2)CN1C(=O)[C@@H](NC(=O)N[C@H](CN(C)S(C)(=O)=O)C(C)(C)C)[C@@H](C)CC)B(O)O. The molecular weight excluding hydrogens is 686 g/mol. The van der Waals surface area contributed by atoms with Crippen molar-refractivity contribution >= 4 is 41.1 Å². The Balaban J connectivity index is 1.85. The number of hydrogen-bond donors (Lipinski definition) is 5. The first-order chi connectivity index (χ1) is 23.7. The molecule has 0 bridgehead atoms. The van der Waals surface area contributed by atoms with E-state index >= 15 is 0 Å². The molecule has 0 radical (unpaired) electrons. The highest BCUT2D eigenvalue weighted by molar-refractivity contribution is 7.88. The van der Waals surface area contributed by atoms with E-state index in [1.54, 1.807) is 19.1 Å². The average Bonchev–Trinajstić information content (AvgIpc) is 3.67. The number of rotatable bonds is 14. The molecule has 2 aliphatic heterocycles. The van der Waals surface area contributed by atoms with Crippen LogP contribution in [0.15, 0.2) is 18.2 Å². The first-order valence-corrected chi connectivity index (χ1v) is 19.2. The Bertz CT molecular complexity index is 1530. The molecule has 0 aromatic heterocycles. The fourth-order valence-corrected chi connectivity index (χ4v) is 6.54. The van der Waals surface area contributed by atoms with Gasteiger partial charge in [-0.3, -0.25) is 14.5 Å². The molecular formula is C33H54BFN6O9S. The first-order valence-electron chi connectivity index (χ1n) is 17.3. The summed E-state index contributed by atoms with van der Waals surface area (Å²) >= 11 is 0. The quantitative estimate of drug-likeness (QED) is 0.176. The molecule has 5 amide bonds. The molecule has 5 N–H and O–H groups in total. The molecule has 2 heterocycles. The molecule has 1 fully saturated rings. The van der Waals surface area contributed by atoms with Gasteiger partial charge in [-0.2, -0.15) is 0 Å². The van der Waals surface area contributed by atoms with Crippen molar-refractivity contribution in [2.45, 2.75) is 110 Å². The lowest BCUT2D eigenvalue weighted by atomic mass is 9.76. The third-order valence-corrected chi connectivity index (χ3v) is 11.0. The van der Waals surface area contributed by atoms with Crippen molar-refractivity contribution < 1.29 is 46.8 Å². The number of nitrogens with zero attached hydrogens (tertiary/aromatic N) is 3. The summed E-state index contributed by atoms with van der Waals surface area (Å²) in [5, 5.41) is 27.9. The van der Waals surface area contributed by atoms with Crippen molar-refractivity contribution in [3.63, 3.8) is 0 Å². The van der Waals surface area contributed by atoms with Crippen molar-refractivity contribution in [1.29, 1.82) is 0 Å². The minimum atomic E-state index is -3.55. The molecule has 0 aliphatic carbocycles. The first kappa shape index (κ1) is 41.9. The predicted molar refractivity (Wildman–Crippen MR) is 189 cm³/mol. The topological polar surface area (TPSA) is 198 Å². The van der Waals surface area contributed by atoms with Crippen molar-refractivity contribution in [2.24, 2.45) is 11.3 Å². The molecule has 3 rings (SSSR count). The summed E-state index contributed by atoms with van der Waals surface area (Å²) < 4.78 is 45.5. The number of hydrogen-bond acceptors (Lipinski definition) is 9. The number of sulfonamides is 1. The second-order valence-electron chi connectivity index (χ2n) is 14.7. The number of amides is 5. The van der Waals surface area contributed by atoms with Crippen LogP contribution < -0.4 is 16.0 Å². The van der Waals surface area contributed by atoms with Gasteiger partial charge in [0.1, 0.15) is 24.0 Å². The molecule has 0 unspecified atom stereocenters. The van der Waals surface area contributed by atoms with Crippen molar-refractivity contribution in [3.05, 3.63) is 35.1 Å². The Morgan fingerprint density at radius 1 is 1.12 bits per heavy atom. The molecule has 0 spiro atoms. The number of carbonyl (C=O) groups excluding carboxylic acids is 4. The van der Waals surface area contributed by atoms with Crippen LogP contribution in [-0.2, 0) is 37.4 Å². The second kappa shape index (κ2) is 17.4. The summed E-state index contributed by atoms with van der Waals surface area (Å²) in [7, 11) is -4.01. The fraction of sp³-hybridized carbons (Fsp3) is 0.697. The second-order valence-corrected chi connectivity index (χ2v) is 16.8. The third-order valence-electron chi connectivity index (χ3n) is 9.71. The average molecular weight is 741 g/mol. The Kier molecular flexibility index (Phi) is 14.3. The Morgan fingerprint density at radius 2 is 1.78 bits per heavy atom. The maximum Gasteiger partial charge on any atom is 0.475 e. The van der Waals surface area contributed by atoms with E-state index in [1.807, 2.05) is 34.6 Å². The van der Waals surface area contributed by atoms with Gasteiger partial charge in [-0.15, -0.1) is 0 Å². The number of ether oxygens (including phenoxy) is 1. The highest BCUT2D eigenvalue weighted by Crippen LogP contribution is 2.29. The van der Waals surface area contributed by atoms with Gasteiger partial charge in [0, 0.05) is 38.2 Å². The lowest BCUT2D eigenvalue weighted by Gasteiger charge is -2.35. The number of fused-ring (bicyclic) bond motifs is 1. The molecule has 2 aliphatic rings. The molecule has 15 nitrogen and oxygen atoms in total. The smallest absolute Gasteiger partial charge is 0.444 e. The van der Waals surface area contributed by atoms with E-state index in [9.17, 15) is 42.0 Å². The predicted octanol–water partition coefficient (Wildman–Crippen LogP) is 1.56. The summed E-state index contributed by atoms with van der Waals surface area (Å²) in [5.74, 6) is -3.19. The third kappa shape index (κ3) is 11.0. The maximum absolute atomic E-state index is 14.4. The molecule has 1 aromatic carbocycles. The van der Waals surface area contributed by atoms with Crippen LogP contribution in [0.25, 0.3) is 0 Å². The fourth-order valence-electron chi connectivity index (χ4n) is 6.12. The van der Waals surface area contributed by atoms with Gasteiger partial charge in [-0.25, -0.2) is 26.7 Å². The number of urea groups is 1. The Labute approximate surface area is 300 Å². The number of carbonyl (C=O) groups is 4. The van der Waals surface area contributed by atoms with Gasteiger partial charge in [-0.05, 0) is 29.4 Å². The largest absolute Gasteiger partial charge is 0.475 e. The lowest BCUT2D eigenvalue weighted by Crippen LogP contribution is -2.60. The molecule has 1 aromatic rings. The molecule has 1 saturated heterocycles. The maximum atomic E-state index is 14.4. The Hall–Kier alpha value is -3.48. The van der Waals surface area contributed by atoms with Gasteiger partial charge in [0.25, 0.3) is 0 Å². The minimum absolute atomic E-state index is 0.00212. The summed E-state index contributed by atoms with van der Waals surface area (Å²) in [6.45, 7) is 10.8. The van der Waals surface area contributed by atoms with E-state index in [4.69, 9.17) is 4.74 Å². The van der Waals surface area contributed by atoms with Crippen molar-refractivity contribution in [3.8, 4) is 0 Å². The highest BCUT2D eigenvalue weighted by atomic mass is 32.2.